The van der Waals surface area contributed by atoms with Crippen molar-refractivity contribution in [3.05, 3.63) is 71.0 Å². The fourth-order valence-electron chi connectivity index (χ4n) is 5.11. The lowest BCUT2D eigenvalue weighted by molar-refractivity contribution is -0.136. The van der Waals surface area contributed by atoms with Gasteiger partial charge in [0.25, 0.3) is 11.8 Å². The molecule has 3 aromatic rings. The minimum Gasteiger partial charge on any atom is -0.496 e. The van der Waals surface area contributed by atoms with E-state index in [2.05, 4.69) is 15.6 Å². The van der Waals surface area contributed by atoms with Gasteiger partial charge in [0.1, 0.15) is 11.8 Å². The molecule has 2 fully saturated rings. The van der Waals surface area contributed by atoms with Gasteiger partial charge in [-0.2, -0.15) is 0 Å². The van der Waals surface area contributed by atoms with Crippen molar-refractivity contribution < 1.29 is 23.9 Å². The van der Waals surface area contributed by atoms with E-state index in [1.54, 1.807) is 25.4 Å². The molecule has 1 aliphatic carbocycles. The Morgan fingerprint density at radius 2 is 1.95 bits per heavy atom. The average Bonchev–Trinajstić information content (AvgIpc) is 3.55. The second-order valence-electron chi connectivity index (χ2n) is 9.77. The van der Waals surface area contributed by atoms with Crippen molar-refractivity contribution in [2.24, 2.45) is 0 Å². The highest BCUT2D eigenvalue weighted by molar-refractivity contribution is 6.05. The summed E-state index contributed by atoms with van der Waals surface area (Å²) in [5, 5.41) is 10.6. The summed E-state index contributed by atoms with van der Waals surface area (Å²) < 4.78 is 6.97. The zero-order valence-corrected chi connectivity index (χ0v) is 20.8. The number of imide groups is 1. The van der Waals surface area contributed by atoms with Crippen LogP contribution in [0, 0.1) is 0 Å². The maximum Gasteiger partial charge on any atom is 0.276 e. The van der Waals surface area contributed by atoms with Crippen LogP contribution in [0.2, 0.25) is 0 Å². The van der Waals surface area contributed by atoms with Crippen molar-refractivity contribution in [2.75, 3.05) is 7.11 Å². The number of carbonyl (C=O) groups is 4. The predicted octanol–water partition coefficient (Wildman–Crippen LogP) is 1.84. The Labute approximate surface area is 218 Å². The Morgan fingerprint density at radius 1 is 1.13 bits per heavy atom. The van der Waals surface area contributed by atoms with Gasteiger partial charge in [0, 0.05) is 36.7 Å². The van der Waals surface area contributed by atoms with Gasteiger partial charge in [-0.1, -0.05) is 23.4 Å². The molecule has 2 aliphatic heterocycles. The lowest BCUT2D eigenvalue weighted by Crippen LogP contribution is -2.52. The van der Waals surface area contributed by atoms with Gasteiger partial charge >= 0.3 is 0 Å². The summed E-state index contributed by atoms with van der Waals surface area (Å²) in [6.45, 7) is 0.667. The molecular formula is C27H26N6O5. The number of ether oxygens (including phenoxy) is 1. The SMILES string of the molecule is COc1ccccc1CN(C(=O)c1cn(-c2ccc3c(c2)CN(C2CCC(=O)NC2=O)C3=O)nn1)C1CC1. The van der Waals surface area contributed by atoms with Crippen molar-refractivity contribution in [1.82, 2.24) is 30.1 Å². The quantitative estimate of drug-likeness (QED) is 0.477. The second-order valence-corrected chi connectivity index (χ2v) is 9.77. The summed E-state index contributed by atoms with van der Waals surface area (Å²) in [7, 11) is 1.61. The monoisotopic (exact) mass is 514 g/mol. The van der Waals surface area contributed by atoms with Crippen molar-refractivity contribution in [3.63, 3.8) is 0 Å². The molecule has 0 bridgehead atoms. The number of para-hydroxylation sites is 1. The molecule has 1 atom stereocenters. The summed E-state index contributed by atoms with van der Waals surface area (Å²) in [6.07, 6.45) is 3.98. The third kappa shape index (κ3) is 4.29. The molecule has 6 rings (SSSR count). The molecule has 1 unspecified atom stereocenters. The van der Waals surface area contributed by atoms with Crippen LogP contribution in [-0.4, -0.2) is 67.6 Å². The standard InChI is InChI=1S/C27H26N6O5/c1-38-23-5-3-2-4-16(23)13-31(18-6-7-18)27(37)21-15-33(30-29-21)19-8-9-20-17(12-19)14-32(26(20)36)22-10-11-24(34)28-25(22)35/h2-5,8-9,12,15,18,22H,6-7,10-11,13-14H2,1H3,(H,28,34,35). The van der Waals surface area contributed by atoms with Crippen molar-refractivity contribution in [3.8, 4) is 11.4 Å². The topological polar surface area (TPSA) is 127 Å². The highest BCUT2D eigenvalue weighted by Crippen LogP contribution is 2.32. The molecule has 3 heterocycles. The van der Waals surface area contributed by atoms with Gasteiger partial charge in [-0.15, -0.1) is 5.10 Å². The van der Waals surface area contributed by atoms with Crippen molar-refractivity contribution in [2.45, 2.75) is 50.9 Å². The Kier molecular flexibility index (Phi) is 5.90. The first kappa shape index (κ1) is 23.8. The molecule has 0 radical (unpaired) electrons. The van der Waals surface area contributed by atoms with E-state index in [4.69, 9.17) is 4.74 Å². The number of hydrogen-bond acceptors (Lipinski definition) is 7. The van der Waals surface area contributed by atoms with Crippen LogP contribution >= 0.6 is 0 Å². The van der Waals surface area contributed by atoms with Crippen LogP contribution in [0.1, 0.15) is 57.7 Å². The van der Waals surface area contributed by atoms with Crippen LogP contribution in [0.3, 0.4) is 0 Å². The number of carbonyl (C=O) groups excluding carboxylic acids is 4. The van der Waals surface area contributed by atoms with Crippen LogP contribution in [-0.2, 0) is 22.7 Å². The molecule has 11 heteroatoms. The number of rotatable bonds is 7. The summed E-state index contributed by atoms with van der Waals surface area (Å²) in [4.78, 5) is 53.5. The Bertz CT molecular complexity index is 1460. The number of benzene rings is 2. The fraction of sp³-hybridized carbons (Fsp3) is 0.333. The van der Waals surface area contributed by atoms with Gasteiger partial charge in [-0.25, -0.2) is 4.68 Å². The minimum atomic E-state index is -0.678. The molecule has 2 aromatic carbocycles. The molecule has 38 heavy (non-hydrogen) atoms. The number of hydrogen-bond donors (Lipinski definition) is 1. The number of amides is 4. The highest BCUT2D eigenvalue weighted by Gasteiger charge is 2.39. The molecule has 4 amide bonds. The van der Waals surface area contributed by atoms with Crippen LogP contribution < -0.4 is 10.1 Å². The largest absolute Gasteiger partial charge is 0.496 e. The fourth-order valence-corrected chi connectivity index (χ4v) is 5.11. The first-order valence-corrected chi connectivity index (χ1v) is 12.6. The Balaban J connectivity index is 1.21. The Hall–Kier alpha value is -4.54. The molecule has 1 saturated heterocycles. The smallest absolute Gasteiger partial charge is 0.276 e. The highest BCUT2D eigenvalue weighted by atomic mass is 16.5. The number of nitrogens with zero attached hydrogens (tertiary/aromatic N) is 5. The number of methoxy groups -OCH3 is 1. The van der Waals surface area contributed by atoms with Gasteiger partial charge < -0.3 is 14.5 Å². The van der Waals surface area contributed by atoms with E-state index < -0.39 is 11.9 Å². The summed E-state index contributed by atoms with van der Waals surface area (Å²) in [5.41, 5.74) is 3.05. The van der Waals surface area contributed by atoms with Gasteiger partial charge in [0.15, 0.2) is 5.69 Å². The second kappa shape index (κ2) is 9.40. The van der Waals surface area contributed by atoms with Gasteiger partial charge in [-0.3, -0.25) is 24.5 Å². The zero-order chi connectivity index (χ0) is 26.4. The molecule has 0 spiro atoms. The molecule has 11 nitrogen and oxygen atoms in total. The van der Waals surface area contributed by atoms with E-state index in [9.17, 15) is 19.2 Å². The molecule has 194 valence electrons. The minimum absolute atomic E-state index is 0.154. The van der Waals surface area contributed by atoms with Crippen molar-refractivity contribution in [1.29, 1.82) is 0 Å². The third-order valence-corrected chi connectivity index (χ3v) is 7.27. The Morgan fingerprint density at radius 3 is 2.71 bits per heavy atom. The average molecular weight is 515 g/mol. The number of nitrogens with one attached hydrogen (secondary N) is 1. The number of fused-ring (bicyclic) bond motifs is 1. The van der Waals surface area contributed by atoms with E-state index in [-0.39, 0.29) is 42.4 Å². The van der Waals surface area contributed by atoms with Crippen LogP contribution in [0.15, 0.2) is 48.7 Å². The first-order valence-electron chi connectivity index (χ1n) is 12.6. The van der Waals surface area contributed by atoms with E-state index in [1.807, 2.05) is 35.2 Å². The molecule has 3 aliphatic rings. The molecule has 1 saturated carbocycles. The molecular weight excluding hydrogens is 488 g/mol. The zero-order valence-electron chi connectivity index (χ0n) is 20.8. The van der Waals surface area contributed by atoms with E-state index in [1.165, 1.54) is 9.58 Å². The molecule has 1 N–H and O–H groups in total. The molecule has 1 aromatic heterocycles. The number of piperidine rings is 1. The van der Waals surface area contributed by atoms with E-state index >= 15 is 0 Å². The third-order valence-electron chi connectivity index (χ3n) is 7.27. The summed E-state index contributed by atoms with van der Waals surface area (Å²) >= 11 is 0. The van der Waals surface area contributed by atoms with Gasteiger partial charge in [0.2, 0.25) is 11.8 Å². The maximum absolute atomic E-state index is 13.4. The lowest BCUT2D eigenvalue weighted by atomic mass is 10.0. The van der Waals surface area contributed by atoms with E-state index in [0.717, 1.165) is 29.7 Å². The van der Waals surface area contributed by atoms with Crippen LogP contribution in [0.4, 0.5) is 0 Å². The van der Waals surface area contributed by atoms with Crippen LogP contribution in [0.25, 0.3) is 5.69 Å². The van der Waals surface area contributed by atoms with E-state index in [0.29, 0.717) is 24.2 Å². The van der Waals surface area contributed by atoms with Crippen LogP contribution in [0.5, 0.6) is 5.75 Å². The van der Waals surface area contributed by atoms with Gasteiger partial charge in [0.05, 0.1) is 19.0 Å². The predicted molar refractivity (Wildman–Crippen MR) is 133 cm³/mol. The van der Waals surface area contributed by atoms with Crippen molar-refractivity contribution >= 4 is 23.6 Å². The summed E-state index contributed by atoms with van der Waals surface area (Å²) in [5.74, 6) is -0.488. The first-order chi connectivity index (χ1) is 18.4. The normalized spacial score (nSPS) is 18.8. The van der Waals surface area contributed by atoms with Gasteiger partial charge in [-0.05, 0) is 49.1 Å². The number of aromatic nitrogens is 3. The lowest BCUT2D eigenvalue weighted by Gasteiger charge is -2.29. The maximum atomic E-state index is 13.4. The summed E-state index contributed by atoms with van der Waals surface area (Å²) in [6, 6.07) is 12.4.